The maximum absolute atomic E-state index is 11.8. The second-order valence-electron chi connectivity index (χ2n) is 4.24. The van der Waals surface area contributed by atoms with Gasteiger partial charge in [0.15, 0.2) is 0 Å². The molecule has 0 aromatic heterocycles. The molecule has 0 fully saturated rings. The molecule has 3 N–H and O–H groups in total. The number of carboxylic acids is 1. The fourth-order valence-electron chi connectivity index (χ4n) is 1.64. The van der Waals surface area contributed by atoms with Crippen LogP contribution in [0.3, 0.4) is 0 Å². The van der Waals surface area contributed by atoms with E-state index in [9.17, 15) is 14.7 Å². The van der Waals surface area contributed by atoms with Gasteiger partial charge in [-0.3, -0.25) is 9.59 Å². The standard InChI is InChI=1S/C13H16ClNO4/c1-2-8(5-12(17)18)7-15-13(19)10-4-3-9(14)6-11(10)16/h3-4,6,8,16H,2,5,7H2,1H3,(H,15,19)(H,17,18). The molecule has 0 radical (unpaired) electrons. The summed E-state index contributed by atoms with van der Waals surface area (Å²) in [5, 5.41) is 21.2. The highest BCUT2D eigenvalue weighted by Crippen LogP contribution is 2.21. The molecule has 1 aromatic rings. The SMILES string of the molecule is CCC(CNC(=O)c1ccc(Cl)cc1O)CC(=O)O. The van der Waals surface area contributed by atoms with Gasteiger partial charge in [0.05, 0.1) is 5.56 Å². The first-order valence-electron chi connectivity index (χ1n) is 5.92. The minimum atomic E-state index is -0.893. The molecule has 0 saturated heterocycles. The van der Waals surface area contributed by atoms with Crippen LogP contribution in [-0.2, 0) is 4.79 Å². The molecular weight excluding hydrogens is 270 g/mol. The van der Waals surface area contributed by atoms with Gasteiger partial charge in [0.25, 0.3) is 5.91 Å². The van der Waals surface area contributed by atoms with E-state index in [1.807, 2.05) is 6.92 Å². The molecule has 1 aromatic carbocycles. The first-order chi connectivity index (χ1) is 8.93. The molecule has 104 valence electrons. The number of aromatic hydroxyl groups is 1. The second kappa shape index (κ2) is 6.99. The van der Waals surface area contributed by atoms with Crippen LogP contribution in [0.15, 0.2) is 18.2 Å². The van der Waals surface area contributed by atoms with Crippen LogP contribution in [0.25, 0.3) is 0 Å². The summed E-state index contributed by atoms with van der Waals surface area (Å²) in [7, 11) is 0. The summed E-state index contributed by atoms with van der Waals surface area (Å²) in [6, 6.07) is 4.21. The van der Waals surface area contributed by atoms with Crippen LogP contribution in [-0.4, -0.2) is 28.6 Å². The van der Waals surface area contributed by atoms with Crippen LogP contribution in [0.4, 0.5) is 0 Å². The number of carbonyl (C=O) groups is 2. The number of aliphatic carboxylic acids is 1. The van der Waals surface area contributed by atoms with E-state index in [1.54, 1.807) is 0 Å². The van der Waals surface area contributed by atoms with E-state index in [2.05, 4.69) is 5.32 Å². The van der Waals surface area contributed by atoms with Crippen LogP contribution in [0.5, 0.6) is 5.75 Å². The number of benzene rings is 1. The molecule has 0 bridgehead atoms. The molecule has 5 nitrogen and oxygen atoms in total. The van der Waals surface area contributed by atoms with Gasteiger partial charge in [-0.15, -0.1) is 0 Å². The quantitative estimate of drug-likeness (QED) is 0.748. The van der Waals surface area contributed by atoms with Gasteiger partial charge in [0, 0.05) is 18.0 Å². The first-order valence-corrected chi connectivity index (χ1v) is 6.30. The van der Waals surface area contributed by atoms with E-state index in [0.717, 1.165) is 0 Å². The fourth-order valence-corrected chi connectivity index (χ4v) is 1.80. The number of rotatable bonds is 6. The number of phenols is 1. The second-order valence-corrected chi connectivity index (χ2v) is 4.68. The van der Waals surface area contributed by atoms with Gasteiger partial charge >= 0.3 is 5.97 Å². The van der Waals surface area contributed by atoms with Crippen molar-refractivity contribution >= 4 is 23.5 Å². The van der Waals surface area contributed by atoms with Crippen LogP contribution < -0.4 is 5.32 Å². The Labute approximate surface area is 116 Å². The third kappa shape index (κ3) is 4.79. The van der Waals surface area contributed by atoms with Crippen molar-refractivity contribution in [1.82, 2.24) is 5.32 Å². The number of carbonyl (C=O) groups excluding carboxylic acids is 1. The first kappa shape index (κ1) is 15.3. The number of nitrogens with one attached hydrogen (secondary N) is 1. The number of halogens is 1. The minimum Gasteiger partial charge on any atom is -0.507 e. The van der Waals surface area contributed by atoms with Crippen molar-refractivity contribution in [1.29, 1.82) is 0 Å². The molecule has 0 heterocycles. The van der Waals surface area contributed by atoms with Crippen molar-refractivity contribution < 1.29 is 19.8 Å². The monoisotopic (exact) mass is 285 g/mol. The molecule has 1 rings (SSSR count). The van der Waals surface area contributed by atoms with Crippen molar-refractivity contribution in [3.05, 3.63) is 28.8 Å². The summed E-state index contributed by atoms with van der Waals surface area (Å²) in [6.45, 7) is 2.11. The maximum atomic E-state index is 11.8. The normalized spacial score (nSPS) is 11.9. The lowest BCUT2D eigenvalue weighted by Crippen LogP contribution is -2.30. The summed E-state index contributed by atoms with van der Waals surface area (Å²) >= 11 is 5.67. The Morgan fingerprint density at radius 3 is 2.63 bits per heavy atom. The minimum absolute atomic E-state index is 0.00335. The van der Waals surface area contributed by atoms with Crippen LogP contribution in [0, 0.1) is 5.92 Å². The number of carboxylic acid groups (broad SMARTS) is 1. The lowest BCUT2D eigenvalue weighted by molar-refractivity contribution is -0.138. The predicted octanol–water partition coefficient (Wildman–Crippen LogP) is 2.28. The van der Waals surface area contributed by atoms with Gasteiger partial charge in [-0.2, -0.15) is 0 Å². The van der Waals surface area contributed by atoms with Gasteiger partial charge in [-0.1, -0.05) is 24.9 Å². The lowest BCUT2D eigenvalue weighted by atomic mass is 10.0. The average molecular weight is 286 g/mol. The van der Waals surface area contributed by atoms with Gasteiger partial charge < -0.3 is 15.5 Å². The third-order valence-electron chi connectivity index (χ3n) is 2.80. The third-order valence-corrected chi connectivity index (χ3v) is 3.03. The molecule has 0 spiro atoms. The largest absolute Gasteiger partial charge is 0.507 e. The maximum Gasteiger partial charge on any atom is 0.303 e. The lowest BCUT2D eigenvalue weighted by Gasteiger charge is -2.13. The van der Waals surface area contributed by atoms with E-state index in [-0.39, 0.29) is 30.2 Å². The molecule has 1 unspecified atom stereocenters. The van der Waals surface area contributed by atoms with Crippen molar-refractivity contribution in [2.45, 2.75) is 19.8 Å². The van der Waals surface area contributed by atoms with E-state index in [0.29, 0.717) is 11.4 Å². The Bertz CT molecular complexity index is 476. The molecule has 6 heteroatoms. The highest BCUT2D eigenvalue weighted by atomic mass is 35.5. The molecule has 19 heavy (non-hydrogen) atoms. The van der Waals surface area contributed by atoms with E-state index in [1.165, 1.54) is 18.2 Å². The summed E-state index contributed by atoms with van der Waals surface area (Å²) in [6.07, 6.45) is 0.655. The van der Waals surface area contributed by atoms with Crippen molar-refractivity contribution in [2.75, 3.05) is 6.54 Å². The molecular formula is C13H16ClNO4. The number of hydrogen-bond donors (Lipinski definition) is 3. The molecule has 1 atom stereocenters. The Morgan fingerprint density at radius 1 is 1.42 bits per heavy atom. The Kier molecular flexibility index (Phi) is 5.63. The van der Waals surface area contributed by atoms with Crippen LogP contribution in [0.2, 0.25) is 5.02 Å². The van der Waals surface area contributed by atoms with E-state index < -0.39 is 11.9 Å². The molecule has 1 amide bonds. The summed E-state index contributed by atoms with van der Waals surface area (Å²) in [5.74, 6) is -1.67. The summed E-state index contributed by atoms with van der Waals surface area (Å²) < 4.78 is 0. The Balaban J connectivity index is 2.61. The van der Waals surface area contributed by atoms with Crippen LogP contribution in [0.1, 0.15) is 30.1 Å². The van der Waals surface area contributed by atoms with Crippen LogP contribution >= 0.6 is 11.6 Å². The Morgan fingerprint density at radius 2 is 2.11 bits per heavy atom. The van der Waals surface area contributed by atoms with E-state index in [4.69, 9.17) is 16.7 Å². The highest BCUT2D eigenvalue weighted by molar-refractivity contribution is 6.30. The van der Waals surface area contributed by atoms with Gasteiger partial charge in [-0.25, -0.2) is 0 Å². The fraction of sp³-hybridized carbons (Fsp3) is 0.385. The predicted molar refractivity (Wildman–Crippen MR) is 71.5 cm³/mol. The number of hydrogen-bond acceptors (Lipinski definition) is 3. The Hall–Kier alpha value is -1.75. The molecule has 0 aliphatic carbocycles. The van der Waals surface area contributed by atoms with Crippen molar-refractivity contribution in [3.63, 3.8) is 0 Å². The smallest absolute Gasteiger partial charge is 0.303 e. The van der Waals surface area contributed by atoms with E-state index >= 15 is 0 Å². The average Bonchev–Trinajstić information content (AvgIpc) is 2.33. The number of phenolic OH excluding ortho intramolecular Hbond substituents is 1. The zero-order valence-corrected chi connectivity index (χ0v) is 11.3. The van der Waals surface area contributed by atoms with Crippen molar-refractivity contribution in [3.8, 4) is 5.75 Å². The molecule has 0 aliphatic rings. The molecule has 0 aliphatic heterocycles. The van der Waals surface area contributed by atoms with Gasteiger partial charge in [-0.05, 0) is 24.1 Å². The zero-order chi connectivity index (χ0) is 14.4. The molecule has 0 saturated carbocycles. The van der Waals surface area contributed by atoms with Crippen molar-refractivity contribution in [2.24, 2.45) is 5.92 Å². The van der Waals surface area contributed by atoms with Gasteiger partial charge in [0.2, 0.25) is 0 Å². The topological polar surface area (TPSA) is 86.6 Å². The van der Waals surface area contributed by atoms with Gasteiger partial charge in [0.1, 0.15) is 5.75 Å². The zero-order valence-electron chi connectivity index (χ0n) is 10.5. The number of amides is 1. The summed E-state index contributed by atoms with van der Waals surface area (Å²) in [4.78, 5) is 22.4. The summed E-state index contributed by atoms with van der Waals surface area (Å²) in [5.41, 5.74) is 0.120. The highest BCUT2D eigenvalue weighted by Gasteiger charge is 2.15.